The molecule has 1 saturated heterocycles. The molecule has 4 rings (SSSR count). The lowest BCUT2D eigenvalue weighted by Crippen LogP contribution is -2.57. The van der Waals surface area contributed by atoms with E-state index >= 15 is 0 Å². The Kier molecular flexibility index (Phi) is 5.45. The summed E-state index contributed by atoms with van der Waals surface area (Å²) >= 11 is 0. The number of furan rings is 1. The van der Waals surface area contributed by atoms with Crippen LogP contribution >= 0.6 is 0 Å². The van der Waals surface area contributed by atoms with E-state index in [0.29, 0.717) is 34.6 Å². The topological polar surface area (TPSA) is 120 Å². The molecule has 0 radical (unpaired) electrons. The standard InChI is InChI=1S/C21H23N5O5/c1-12(2)26-19-14(11-23-26)13(9-15(24-19)17-5-4-8-31-17)21(29)25-7-6-22-20(28)16(25)10-18(27)30-3/h4-5,8-9,11-12,16H,6-7,10H2,1-3H3,(H,22,28). The van der Waals surface area contributed by atoms with Gasteiger partial charge in [0.15, 0.2) is 11.4 Å². The summed E-state index contributed by atoms with van der Waals surface area (Å²) in [5.74, 6) is -0.828. The first-order valence-corrected chi connectivity index (χ1v) is 9.98. The predicted molar refractivity (Wildman–Crippen MR) is 110 cm³/mol. The fraction of sp³-hybridized carbons (Fsp3) is 0.381. The number of methoxy groups -OCH3 is 1. The molecule has 31 heavy (non-hydrogen) atoms. The molecule has 0 aromatic carbocycles. The number of nitrogens with zero attached hydrogens (tertiary/aromatic N) is 4. The van der Waals surface area contributed by atoms with Gasteiger partial charge in [-0.05, 0) is 32.0 Å². The average molecular weight is 425 g/mol. The number of pyridine rings is 1. The van der Waals surface area contributed by atoms with Crippen LogP contribution in [0.3, 0.4) is 0 Å². The summed E-state index contributed by atoms with van der Waals surface area (Å²) in [5.41, 5.74) is 1.36. The molecule has 10 heteroatoms. The Bertz CT molecular complexity index is 1130. The Labute approximate surface area is 178 Å². The lowest BCUT2D eigenvalue weighted by molar-refractivity contribution is -0.145. The maximum Gasteiger partial charge on any atom is 0.308 e. The minimum absolute atomic E-state index is 0.0210. The summed E-state index contributed by atoms with van der Waals surface area (Å²) < 4.78 is 11.9. The molecule has 0 spiro atoms. The second-order valence-electron chi connectivity index (χ2n) is 7.54. The molecule has 10 nitrogen and oxygen atoms in total. The van der Waals surface area contributed by atoms with Crippen LogP contribution in [0, 0.1) is 0 Å². The molecule has 1 atom stereocenters. The summed E-state index contributed by atoms with van der Waals surface area (Å²) in [7, 11) is 1.25. The van der Waals surface area contributed by atoms with Crippen LogP contribution in [-0.4, -0.2) is 63.7 Å². The monoisotopic (exact) mass is 425 g/mol. The number of hydrogen-bond acceptors (Lipinski definition) is 7. The Hall–Kier alpha value is -3.69. The van der Waals surface area contributed by atoms with Gasteiger partial charge in [-0.3, -0.25) is 14.4 Å². The number of carbonyl (C=O) groups is 3. The van der Waals surface area contributed by atoms with Crippen molar-refractivity contribution < 1.29 is 23.5 Å². The highest BCUT2D eigenvalue weighted by Crippen LogP contribution is 2.28. The number of esters is 1. The number of aromatic nitrogens is 3. The Morgan fingerprint density at radius 2 is 2.19 bits per heavy atom. The van der Waals surface area contributed by atoms with Crippen molar-refractivity contribution in [2.45, 2.75) is 32.4 Å². The van der Waals surface area contributed by atoms with Gasteiger partial charge in [0, 0.05) is 19.1 Å². The summed E-state index contributed by atoms with van der Waals surface area (Å²) in [6, 6.07) is 4.20. The Morgan fingerprint density at radius 3 is 2.87 bits per heavy atom. The van der Waals surface area contributed by atoms with Gasteiger partial charge in [-0.25, -0.2) is 9.67 Å². The first-order valence-electron chi connectivity index (χ1n) is 9.98. The SMILES string of the molecule is COC(=O)CC1C(=O)NCCN1C(=O)c1cc(-c2ccco2)nc2c1cnn2C(C)C. The third-order valence-electron chi connectivity index (χ3n) is 5.24. The van der Waals surface area contributed by atoms with E-state index in [1.54, 1.807) is 29.1 Å². The molecule has 1 unspecified atom stereocenters. The fourth-order valence-electron chi connectivity index (χ4n) is 3.68. The Morgan fingerprint density at radius 1 is 1.39 bits per heavy atom. The van der Waals surface area contributed by atoms with Crippen LogP contribution in [0.25, 0.3) is 22.5 Å². The first-order chi connectivity index (χ1) is 14.9. The largest absolute Gasteiger partial charge is 0.469 e. The highest BCUT2D eigenvalue weighted by Gasteiger charge is 2.36. The molecule has 2 amide bonds. The quantitative estimate of drug-likeness (QED) is 0.619. The van der Waals surface area contributed by atoms with Gasteiger partial charge in [0.05, 0.1) is 36.9 Å². The molecular formula is C21H23N5O5. The number of hydrogen-bond donors (Lipinski definition) is 1. The molecule has 0 bridgehead atoms. The predicted octanol–water partition coefficient (Wildman–Crippen LogP) is 1.78. The van der Waals surface area contributed by atoms with E-state index in [1.165, 1.54) is 18.3 Å². The summed E-state index contributed by atoms with van der Waals surface area (Å²) in [6.07, 6.45) is 2.91. The van der Waals surface area contributed by atoms with E-state index in [4.69, 9.17) is 9.15 Å². The molecule has 0 aliphatic carbocycles. The normalized spacial score (nSPS) is 16.6. The fourth-order valence-corrected chi connectivity index (χ4v) is 3.68. The summed E-state index contributed by atoms with van der Waals surface area (Å²) in [5, 5.41) is 7.67. The van der Waals surface area contributed by atoms with Crippen LogP contribution in [0.1, 0.15) is 36.7 Å². The maximum atomic E-state index is 13.6. The van der Waals surface area contributed by atoms with E-state index < -0.39 is 12.0 Å². The third kappa shape index (κ3) is 3.76. The number of rotatable bonds is 5. The first kappa shape index (κ1) is 20.6. The molecule has 3 aromatic rings. The molecule has 1 aliphatic heterocycles. The van der Waals surface area contributed by atoms with Crippen LogP contribution < -0.4 is 5.32 Å². The van der Waals surface area contributed by atoms with Gasteiger partial charge < -0.3 is 19.4 Å². The minimum atomic E-state index is -0.955. The van der Waals surface area contributed by atoms with E-state index in [1.807, 2.05) is 13.8 Å². The van der Waals surface area contributed by atoms with Gasteiger partial charge in [0.2, 0.25) is 5.91 Å². The van der Waals surface area contributed by atoms with Crippen molar-refractivity contribution in [1.82, 2.24) is 25.0 Å². The molecule has 1 N–H and O–H groups in total. The zero-order valence-electron chi connectivity index (χ0n) is 17.5. The van der Waals surface area contributed by atoms with E-state index in [0.717, 1.165) is 0 Å². The molecule has 4 heterocycles. The van der Waals surface area contributed by atoms with Crippen molar-refractivity contribution in [3.8, 4) is 11.5 Å². The second-order valence-corrected chi connectivity index (χ2v) is 7.54. The molecule has 3 aromatic heterocycles. The Balaban J connectivity index is 1.82. The molecule has 0 saturated carbocycles. The molecular weight excluding hydrogens is 402 g/mol. The lowest BCUT2D eigenvalue weighted by Gasteiger charge is -2.34. The number of nitrogens with one attached hydrogen (secondary N) is 1. The number of fused-ring (bicyclic) bond motifs is 1. The van der Waals surface area contributed by atoms with Gasteiger partial charge in [0.1, 0.15) is 11.7 Å². The van der Waals surface area contributed by atoms with Crippen molar-refractivity contribution in [2.75, 3.05) is 20.2 Å². The van der Waals surface area contributed by atoms with Crippen LogP contribution in [0.15, 0.2) is 35.1 Å². The maximum absolute atomic E-state index is 13.6. The average Bonchev–Trinajstić information content (AvgIpc) is 3.43. The van der Waals surface area contributed by atoms with E-state index in [9.17, 15) is 14.4 Å². The zero-order chi connectivity index (χ0) is 22.1. The second kappa shape index (κ2) is 8.21. The lowest BCUT2D eigenvalue weighted by atomic mass is 10.0. The number of piperazine rings is 1. The van der Waals surface area contributed by atoms with Gasteiger partial charge in [-0.1, -0.05) is 0 Å². The van der Waals surface area contributed by atoms with Gasteiger partial charge >= 0.3 is 5.97 Å². The van der Waals surface area contributed by atoms with Crippen LogP contribution in [0.2, 0.25) is 0 Å². The van der Waals surface area contributed by atoms with Crippen molar-refractivity contribution in [1.29, 1.82) is 0 Å². The van der Waals surface area contributed by atoms with E-state index in [2.05, 4.69) is 15.4 Å². The van der Waals surface area contributed by atoms with Crippen LogP contribution in [-0.2, 0) is 14.3 Å². The van der Waals surface area contributed by atoms with Crippen LogP contribution in [0.4, 0.5) is 0 Å². The number of carbonyl (C=O) groups excluding carboxylic acids is 3. The van der Waals surface area contributed by atoms with Crippen molar-refractivity contribution in [2.24, 2.45) is 0 Å². The third-order valence-corrected chi connectivity index (χ3v) is 5.24. The number of ether oxygens (including phenoxy) is 1. The smallest absolute Gasteiger partial charge is 0.308 e. The highest BCUT2D eigenvalue weighted by atomic mass is 16.5. The van der Waals surface area contributed by atoms with Crippen LogP contribution in [0.5, 0.6) is 0 Å². The van der Waals surface area contributed by atoms with Crippen molar-refractivity contribution in [3.05, 3.63) is 36.2 Å². The van der Waals surface area contributed by atoms with Gasteiger partial charge in [0.25, 0.3) is 5.91 Å². The molecule has 1 aliphatic rings. The molecule has 162 valence electrons. The highest BCUT2D eigenvalue weighted by molar-refractivity contribution is 6.08. The minimum Gasteiger partial charge on any atom is -0.469 e. The van der Waals surface area contributed by atoms with Crippen molar-refractivity contribution >= 4 is 28.8 Å². The van der Waals surface area contributed by atoms with E-state index in [-0.39, 0.29) is 30.8 Å². The molecule has 1 fully saturated rings. The zero-order valence-corrected chi connectivity index (χ0v) is 17.5. The number of amides is 2. The van der Waals surface area contributed by atoms with Gasteiger partial charge in [-0.2, -0.15) is 5.10 Å². The van der Waals surface area contributed by atoms with Gasteiger partial charge in [-0.15, -0.1) is 0 Å². The summed E-state index contributed by atoms with van der Waals surface area (Å²) in [4.78, 5) is 44.0. The van der Waals surface area contributed by atoms with Crippen molar-refractivity contribution in [3.63, 3.8) is 0 Å². The summed E-state index contributed by atoms with van der Waals surface area (Å²) in [6.45, 7) is 4.50.